The van der Waals surface area contributed by atoms with Gasteiger partial charge in [-0.2, -0.15) is 13.2 Å². The molecule has 0 fully saturated rings. The lowest BCUT2D eigenvalue weighted by Gasteiger charge is -2.20. The fourth-order valence-corrected chi connectivity index (χ4v) is 2.33. The molecule has 2 heterocycles. The number of cyclic esters (lactones) is 1. The van der Waals surface area contributed by atoms with Crippen LogP contribution < -0.4 is 16.0 Å². The highest BCUT2D eigenvalue weighted by atomic mass is 35.5. The van der Waals surface area contributed by atoms with E-state index in [1.165, 1.54) is 18.2 Å². The number of allylic oxidation sites excluding steroid dienone is 1. The molecule has 0 saturated heterocycles. The monoisotopic (exact) mass is 347 g/mol. The number of anilines is 1. The number of carbonyl (C=O) groups is 1. The van der Waals surface area contributed by atoms with E-state index in [1.807, 2.05) is 5.43 Å². The molecule has 1 unspecified atom stereocenters. The Bertz CT molecular complexity index is 733. The third-order valence-corrected chi connectivity index (χ3v) is 3.41. The van der Waals surface area contributed by atoms with Crippen molar-refractivity contribution in [2.75, 3.05) is 5.01 Å². The van der Waals surface area contributed by atoms with Crippen LogP contribution in [0.25, 0.3) is 5.57 Å². The minimum Gasteiger partial charge on any atom is -0.428 e. The Morgan fingerprint density at radius 3 is 2.65 bits per heavy atom. The van der Waals surface area contributed by atoms with Crippen molar-refractivity contribution >= 4 is 28.8 Å². The van der Waals surface area contributed by atoms with E-state index in [1.54, 1.807) is 0 Å². The molecule has 3 N–H and O–H groups in total. The molecule has 1 aromatic rings. The summed E-state index contributed by atoms with van der Waals surface area (Å²) in [7, 11) is 0. The van der Waals surface area contributed by atoms with Gasteiger partial charge in [0.1, 0.15) is 0 Å². The second-order valence-corrected chi connectivity index (χ2v) is 5.13. The van der Waals surface area contributed by atoms with Gasteiger partial charge in [-0.25, -0.2) is 4.79 Å². The van der Waals surface area contributed by atoms with Crippen molar-refractivity contribution in [3.63, 3.8) is 0 Å². The number of esters is 1. The maximum Gasteiger partial charge on any atom is 0.433 e. The Morgan fingerprint density at radius 1 is 1.35 bits per heavy atom. The molecule has 23 heavy (non-hydrogen) atoms. The number of halogens is 4. The number of nitrogens with one attached hydrogen (secondary N) is 2. The minimum absolute atomic E-state index is 0.100. The van der Waals surface area contributed by atoms with E-state index < -0.39 is 24.1 Å². The van der Waals surface area contributed by atoms with Gasteiger partial charge in [0.25, 0.3) is 0 Å². The van der Waals surface area contributed by atoms with Crippen LogP contribution in [0.15, 0.2) is 36.2 Å². The predicted octanol–water partition coefficient (Wildman–Crippen LogP) is 1.83. The van der Waals surface area contributed by atoms with Crippen LogP contribution in [0.2, 0.25) is 5.02 Å². The van der Waals surface area contributed by atoms with Crippen LogP contribution in [0.3, 0.4) is 0 Å². The van der Waals surface area contributed by atoms with E-state index in [0.717, 1.165) is 17.3 Å². The van der Waals surface area contributed by atoms with Crippen LogP contribution in [0, 0.1) is 0 Å². The van der Waals surface area contributed by atoms with Crippen LogP contribution in [0.4, 0.5) is 18.9 Å². The molecular weight excluding hydrogens is 339 g/mol. The van der Waals surface area contributed by atoms with Crippen molar-refractivity contribution in [2.24, 2.45) is 0 Å². The maximum absolute atomic E-state index is 12.7. The van der Waals surface area contributed by atoms with Gasteiger partial charge in [-0.05, 0) is 18.2 Å². The zero-order valence-electron chi connectivity index (χ0n) is 11.2. The van der Waals surface area contributed by atoms with Gasteiger partial charge < -0.3 is 9.84 Å². The van der Waals surface area contributed by atoms with Gasteiger partial charge in [0.05, 0.1) is 11.9 Å². The molecule has 0 radical (unpaired) electrons. The van der Waals surface area contributed by atoms with E-state index in [4.69, 9.17) is 11.6 Å². The number of rotatable bonds is 2. The van der Waals surface area contributed by atoms with Crippen molar-refractivity contribution in [1.29, 1.82) is 0 Å². The average Bonchev–Trinajstić information content (AvgIpc) is 3.05. The molecule has 1 atom stereocenters. The van der Waals surface area contributed by atoms with Crippen LogP contribution in [0.1, 0.15) is 5.56 Å². The van der Waals surface area contributed by atoms with Gasteiger partial charge in [-0.15, -0.1) is 5.53 Å². The molecule has 2 aliphatic rings. The lowest BCUT2D eigenvalue weighted by Crippen LogP contribution is -2.38. The van der Waals surface area contributed by atoms with Crippen molar-refractivity contribution in [1.82, 2.24) is 11.0 Å². The summed E-state index contributed by atoms with van der Waals surface area (Å²) in [5, 5.41) is 11.1. The summed E-state index contributed by atoms with van der Waals surface area (Å²) in [6.07, 6.45) is -4.21. The number of hydrogen-bond donors (Lipinski definition) is 3. The first-order chi connectivity index (χ1) is 10.8. The molecule has 0 amide bonds. The minimum atomic E-state index is -4.56. The van der Waals surface area contributed by atoms with Crippen molar-refractivity contribution < 1.29 is 27.8 Å². The number of ether oxygens (including phenoxy) is 1. The van der Waals surface area contributed by atoms with Crippen LogP contribution in [0.5, 0.6) is 0 Å². The van der Waals surface area contributed by atoms with Crippen LogP contribution in [-0.2, 0) is 9.53 Å². The quantitative estimate of drug-likeness (QED) is 0.709. The molecule has 6 nitrogen and oxygen atoms in total. The molecule has 3 rings (SSSR count). The number of benzene rings is 1. The summed E-state index contributed by atoms with van der Waals surface area (Å²) in [5.74, 6) is -0.752. The van der Waals surface area contributed by atoms with Gasteiger partial charge >= 0.3 is 12.1 Å². The summed E-state index contributed by atoms with van der Waals surface area (Å²) >= 11 is 5.90. The Kier molecular flexibility index (Phi) is 3.71. The summed E-state index contributed by atoms with van der Waals surface area (Å²) in [4.78, 5) is 11.2. The van der Waals surface area contributed by atoms with E-state index in [2.05, 4.69) is 10.3 Å². The number of alkyl halides is 3. The first kappa shape index (κ1) is 15.7. The normalized spacial score (nSPS) is 21.0. The summed E-state index contributed by atoms with van der Waals surface area (Å²) in [5.41, 5.74) is 3.93. The Morgan fingerprint density at radius 2 is 2.09 bits per heavy atom. The average molecular weight is 348 g/mol. The Labute approximate surface area is 132 Å². The highest BCUT2D eigenvalue weighted by Gasteiger charge is 2.38. The van der Waals surface area contributed by atoms with Crippen LogP contribution in [-0.4, -0.2) is 23.5 Å². The van der Waals surface area contributed by atoms with Crippen molar-refractivity contribution in [3.8, 4) is 0 Å². The van der Waals surface area contributed by atoms with Gasteiger partial charge in [0, 0.05) is 22.2 Å². The Balaban J connectivity index is 2.03. The van der Waals surface area contributed by atoms with Crippen molar-refractivity contribution in [3.05, 3.63) is 46.8 Å². The smallest absolute Gasteiger partial charge is 0.428 e. The molecule has 0 spiro atoms. The molecule has 0 aliphatic carbocycles. The number of nitrogens with zero attached hydrogens (tertiary/aromatic N) is 1. The molecule has 1 aromatic carbocycles. The number of carbonyl (C=O) groups excluding carboxylic acids is 1. The predicted molar refractivity (Wildman–Crippen MR) is 74.4 cm³/mol. The number of hydrazine groups is 2. The highest BCUT2D eigenvalue weighted by molar-refractivity contribution is 6.31. The third-order valence-electron chi connectivity index (χ3n) is 3.17. The van der Waals surface area contributed by atoms with E-state index >= 15 is 0 Å². The number of aliphatic hydroxyl groups excluding tert-OH is 1. The summed E-state index contributed by atoms with van der Waals surface area (Å²) in [6.45, 7) is 0. The van der Waals surface area contributed by atoms with E-state index in [0.29, 0.717) is 0 Å². The van der Waals surface area contributed by atoms with Gasteiger partial charge in [0.2, 0.25) is 6.29 Å². The lowest BCUT2D eigenvalue weighted by molar-refractivity contribution is -0.149. The molecular formula is C13H9ClF3N3O3. The topological polar surface area (TPSA) is 73.8 Å². The fourth-order valence-electron chi connectivity index (χ4n) is 2.15. The standard InChI is InChI=1S/C13H9ClF3N3O3/c14-6-1-2-9(20-5-10(18-19-20)13(15,16)17)7(3-6)8-4-11(21)23-12(8)22/h1-5,12,18-19,22H. The number of hydrogen-bond acceptors (Lipinski definition) is 6. The van der Waals surface area contributed by atoms with Gasteiger partial charge in [0.15, 0.2) is 5.70 Å². The highest BCUT2D eigenvalue weighted by Crippen LogP contribution is 2.36. The zero-order valence-corrected chi connectivity index (χ0v) is 11.9. The second-order valence-electron chi connectivity index (χ2n) is 4.70. The lowest BCUT2D eigenvalue weighted by atomic mass is 10.0. The summed E-state index contributed by atoms with van der Waals surface area (Å²) in [6, 6.07) is 4.32. The van der Waals surface area contributed by atoms with Gasteiger partial charge in [-0.3, -0.25) is 10.4 Å². The third kappa shape index (κ3) is 2.98. The van der Waals surface area contributed by atoms with E-state index in [9.17, 15) is 23.1 Å². The second kappa shape index (κ2) is 5.44. The Hall–Kier alpha value is -2.23. The molecule has 0 saturated carbocycles. The zero-order chi connectivity index (χ0) is 16.8. The largest absolute Gasteiger partial charge is 0.433 e. The SMILES string of the molecule is O=C1C=C(c2cc(Cl)ccc2N2C=C(C(F)(F)F)NN2)C(O)O1. The molecule has 2 aliphatic heterocycles. The number of aliphatic hydroxyl groups is 1. The first-order valence-corrected chi connectivity index (χ1v) is 6.63. The first-order valence-electron chi connectivity index (χ1n) is 6.26. The van der Waals surface area contributed by atoms with E-state index in [-0.39, 0.29) is 21.8 Å². The maximum atomic E-state index is 12.7. The molecule has 0 bridgehead atoms. The van der Waals surface area contributed by atoms with Crippen LogP contribution >= 0.6 is 11.6 Å². The van der Waals surface area contributed by atoms with Crippen molar-refractivity contribution in [2.45, 2.75) is 12.5 Å². The molecule has 10 heteroatoms. The molecule has 122 valence electrons. The van der Waals surface area contributed by atoms with Gasteiger partial charge in [-0.1, -0.05) is 11.6 Å². The molecule has 0 aromatic heterocycles. The summed E-state index contributed by atoms with van der Waals surface area (Å²) < 4.78 is 42.7. The fraction of sp³-hybridized carbons (Fsp3) is 0.154.